The number of carbonyl (C=O) groups is 1. The van der Waals surface area contributed by atoms with Gasteiger partial charge in [0.1, 0.15) is 0 Å². The lowest BCUT2D eigenvalue weighted by Gasteiger charge is -1.99. The number of carbonyl (C=O) groups excluding carboxylic acids is 2. The summed E-state index contributed by atoms with van der Waals surface area (Å²) in [6.07, 6.45) is 19.1. The topological polar surface area (TPSA) is 55.7 Å². The molecule has 0 saturated carbocycles. The Balaban J connectivity index is 3.20. The minimum atomic E-state index is -0.454. The molecule has 120 valence electrons. The van der Waals surface area contributed by atoms with Crippen molar-refractivity contribution >= 4 is 12.0 Å². The molecule has 21 heavy (non-hydrogen) atoms. The predicted octanol–water partition coefficient (Wildman–Crippen LogP) is 5.04. The first kappa shape index (κ1) is 19.6. The standard InChI is InChI=1S/C17H29NO3/c1-2-3-4-5-6-7-8-9-10-11-12-13-14-15-17(20)21-18-16-19/h7-8H,2-6,9-15H2,1H3/b8-7-. The first-order valence-corrected chi connectivity index (χ1v) is 8.23. The third-order valence-corrected chi connectivity index (χ3v) is 3.33. The molecule has 0 saturated heterocycles. The molecule has 0 unspecified atom stereocenters. The second-order valence-corrected chi connectivity index (χ2v) is 5.27. The van der Waals surface area contributed by atoms with Crippen molar-refractivity contribution in [2.45, 2.75) is 84.0 Å². The zero-order valence-electron chi connectivity index (χ0n) is 13.3. The zero-order valence-corrected chi connectivity index (χ0v) is 13.3. The maximum atomic E-state index is 11.0. The van der Waals surface area contributed by atoms with Gasteiger partial charge >= 0.3 is 5.97 Å². The molecule has 0 rings (SSSR count). The number of hydrogen-bond donors (Lipinski definition) is 0. The molecule has 0 aromatic carbocycles. The summed E-state index contributed by atoms with van der Waals surface area (Å²) in [7, 11) is 0. The Morgan fingerprint density at radius 3 is 2.14 bits per heavy atom. The van der Waals surface area contributed by atoms with E-state index in [0.29, 0.717) is 6.42 Å². The first-order valence-electron chi connectivity index (χ1n) is 8.23. The fourth-order valence-electron chi connectivity index (χ4n) is 2.10. The highest BCUT2D eigenvalue weighted by atomic mass is 16.7. The summed E-state index contributed by atoms with van der Waals surface area (Å²) in [6.45, 7) is 2.23. The van der Waals surface area contributed by atoms with Crippen molar-refractivity contribution < 1.29 is 14.4 Å². The first-order chi connectivity index (χ1) is 10.3. The van der Waals surface area contributed by atoms with Crippen LogP contribution in [0.4, 0.5) is 0 Å². The van der Waals surface area contributed by atoms with E-state index in [1.807, 2.05) is 0 Å². The number of nitrogens with zero attached hydrogens (tertiary/aromatic N) is 1. The van der Waals surface area contributed by atoms with Crippen LogP contribution in [0, 0.1) is 0 Å². The van der Waals surface area contributed by atoms with E-state index in [2.05, 4.69) is 29.1 Å². The van der Waals surface area contributed by atoms with Crippen LogP contribution < -0.4 is 0 Å². The van der Waals surface area contributed by atoms with E-state index in [1.165, 1.54) is 51.0 Å². The Morgan fingerprint density at radius 1 is 0.952 bits per heavy atom. The van der Waals surface area contributed by atoms with Crippen LogP contribution in [0.2, 0.25) is 0 Å². The Hall–Kier alpha value is -1.41. The molecule has 0 bridgehead atoms. The van der Waals surface area contributed by atoms with E-state index in [0.717, 1.165) is 25.7 Å². The van der Waals surface area contributed by atoms with Gasteiger partial charge in [0, 0.05) is 11.6 Å². The molecule has 0 atom stereocenters. The molecule has 4 heteroatoms. The molecule has 0 N–H and O–H groups in total. The average molecular weight is 295 g/mol. The van der Waals surface area contributed by atoms with Gasteiger partial charge in [0.2, 0.25) is 0 Å². The van der Waals surface area contributed by atoms with Gasteiger partial charge in [0.15, 0.2) is 0 Å². The molecule has 4 nitrogen and oxygen atoms in total. The van der Waals surface area contributed by atoms with Crippen molar-refractivity contribution in [2.75, 3.05) is 0 Å². The molecule has 0 fully saturated rings. The van der Waals surface area contributed by atoms with Crippen LogP contribution in [0.15, 0.2) is 17.3 Å². The largest absolute Gasteiger partial charge is 0.336 e. The maximum Gasteiger partial charge on any atom is 0.336 e. The smallest absolute Gasteiger partial charge is 0.307 e. The molecule has 0 amide bonds. The Bertz CT molecular complexity index is 320. The second-order valence-electron chi connectivity index (χ2n) is 5.27. The minimum Gasteiger partial charge on any atom is -0.307 e. The predicted molar refractivity (Wildman–Crippen MR) is 84.4 cm³/mol. The van der Waals surface area contributed by atoms with E-state index >= 15 is 0 Å². The number of hydrogen-bond acceptors (Lipinski definition) is 4. The molecule has 0 aliphatic heterocycles. The van der Waals surface area contributed by atoms with Gasteiger partial charge in [-0.3, -0.25) is 0 Å². The number of allylic oxidation sites excluding steroid dienone is 2. The van der Waals surface area contributed by atoms with E-state index in [-0.39, 0.29) is 0 Å². The highest BCUT2D eigenvalue weighted by Crippen LogP contribution is 2.09. The van der Waals surface area contributed by atoms with Crippen LogP contribution in [-0.4, -0.2) is 12.0 Å². The van der Waals surface area contributed by atoms with Crippen LogP contribution >= 0.6 is 0 Å². The molecule has 0 aliphatic carbocycles. The molecule has 0 radical (unpaired) electrons. The van der Waals surface area contributed by atoms with E-state index < -0.39 is 5.97 Å². The van der Waals surface area contributed by atoms with Crippen molar-refractivity contribution in [3.05, 3.63) is 12.2 Å². The van der Waals surface area contributed by atoms with Crippen molar-refractivity contribution in [3.8, 4) is 0 Å². The van der Waals surface area contributed by atoms with Gasteiger partial charge in [-0.15, -0.1) is 0 Å². The lowest BCUT2D eigenvalue weighted by atomic mass is 10.1. The summed E-state index contributed by atoms with van der Waals surface area (Å²) in [5, 5.41) is 2.79. The summed E-state index contributed by atoms with van der Waals surface area (Å²) in [6, 6.07) is 0. The summed E-state index contributed by atoms with van der Waals surface area (Å²) < 4.78 is 0. The summed E-state index contributed by atoms with van der Waals surface area (Å²) >= 11 is 0. The van der Waals surface area contributed by atoms with Crippen LogP contribution in [0.1, 0.15) is 84.0 Å². The average Bonchev–Trinajstić information content (AvgIpc) is 2.49. The third kappa shape index (κ3) is 16.5. The van der Waals surface area contributed by atoms with Gasteiger partial charge in [-0.2, -0.15) is 0 Å². The molecule has 0 aromatic heterocycles. The van der Waals surface area contributed by atoms with Crippen molar-refractivity contribution in [2.24, 2.45) is 5.16 Å². The lowest BCUT2D eigenvalue weighted by molar-refractivity contribution is -0.143. The summed E-state index contributed by atoms with van der Waals surface area (Å²) in [5.74, 6) is -0.454. The molecular formula is C17H29NO3. The van der Waals surface area contributed by atoms with Crippen LogP contribution in [0.5, 0.6) is 0 Å². The van der Waals surface area contributed by atoms with Crippen molar-refractivity contribution in [3.63, 3.8) is 0 Å². The van der Waals surface area contributed by atoms with Gasteiger partial charge in [0.05, 0.1) is 0 Å². The van der Waals surface area contributed by atoms with E-state index in [1.54, 1.807) is 0 Å². The normalized spacial score (nSPS) is 10.5. The van der Waals surface area contributed by atoms with E-state index in [9.17, 15) is 9.59 Å². The Morgan fingerprint density at radius 2 is 1.52 bits per heavy atom. The van der Waals surface area contributed by atoms with Gasteiger partial charge in [-0.05, 0) is 32.1 Å². The number of unbranched alkanes of at least 4 members (excludes halogenated alkanes) is 9. The molecule has 0 aromatic rings. The van der Waals surface area contributed by atoms with Crippen molar-refractivity contribution in [1.29, 1.82) is 0 Å². The monoisotopic (exact) mass is 295 g/mol. The zero-order chi connectivity index (χ0) is 15.6. The van der Waals surface area contributed by atoms with Gasteiger partial charge in [0.25, 0.3) is 6.08 Å². The quantitative estimate of drug-likeness (QED) is 0.113. The third-order valence-electron chi connectivity index (χ3n) is 3.33. The Labute approximate surface area is 128 Å². The Kier molecular flexibility index (Phi) is 15.5. The fraction of sp³-hybridized carbons (Fsp3) is 0.765. The van der Waals surface area contributed by atoms with Gasteiger partial charge in [-0.1, -0.05) is 57.6 Å². The minimum absolute atomic E-state index is 0.322. The SMILES string of the molecule is CCCCCC/C=C\CCCCCCCC(=O)ON=C=O. The molecular weight excluding hydrogens is 266 g/mol. The van der Waals surface area contributed by atoms with Crippen molar-refractivity contribution in [1.82, 2.24) is 0 Å². The lowest BCUT2D eigenvalue weighted by Crippen LogP contribution is -1.98. The molecule has 0 heterocycles. The summed E-state index contributed by atoms with van der Waals surface area (Å²) in [5.41, 5.74) is 0. The number of isocyanates is 1. The van der Waals surface area contributed by atoms with Crippen LogP contribution in [0.25, 0.3) is 0 Å². The fourth-order valence-corrected chi connectivity index (χ4v) is 2.10. The highest BCUT2D eigenvalue weighted by molar-refractivity contribution is 5.69. The maximum absolute atomic E-state index is 11.0. The van der Waals surface area contributed by atoms with Gasteiger partial charge in [-0.25, -0.2) is 9.59 Å². The molecule has 0 spiro atoms. The second kappa shape index (κ2) is 16.6. The number of rotatable bonds is 14. The highest BCUT2D eigenvalue weighted by Gasteiger charge is 2.01. The molecule has 0 aliphatic rings. The van der Waals surface area contributed by atoms with Gasteiger partial charge < -0.3 is 4.84 Å². The van der Waals surface area contributed by atoms with E-state index in [4.69, 9.17) is 0 Å². The van der Waals surface area contributed by atoms with Crippen LogP contribution in [-0.2, 0) is 14.4 Å². The summed E-state index contributed by atoms with van der Waals surface area (Å²) in [4.78, 5) is 25.0. The van der Waals surface area contributed by atoms with Crippen LogP contribution in [0.3, 0.4) is 0 Å².